The molecule has 2 aromatic rings. The maximum absolute atomic E-state index is 12.0. The maximum Gasteiger partial charge on any atom is 0.172 e. The van der Waals surface area contributed by atoms with Crippen LogP contribution >= 0.6 is 23.2 Å². The molecule has 0 saturated heterocycles. The van der Waals surface area contributed by atoms with Crippen molar-refractivity contribution in [2.24, 2.45) is 0 Å². The van der Waals surface area contributed by atoms with E-state index in [2.05, 4.69) is 0 Å². The Morgan fingerprint density at radius 2 is 1.58 bits per heavy atom. The molecule has 0 unspecified atom stereocenters. The third kappa shape index (κ3) is 3.43. The average molecular weight is 293 g/mol. The molecular weight excluding hydrogens is 283 g/mol. The minimum atomic E-state index is -0.332. The predicted octanol–water partition coefficient (Wildman–Crippen LogP) is 4.45. The van der Waals surface area contributed by atoms with Crippen molar-refractivity contribution in [3.05, 3.63) is 69.7 Å². The number of Topliss-reactive ketones (excluding diaryl/α,β-unsaturated/α-hetero) is 2. The number of carbonyl (C=O) groups excluding carboxylic acids is 2. The van der Waals surface area contributed by atoms with Crippen LogP contribution in [0.2, 0.25) is 10.0 Å². The van der Waals surface area contributed by atoms with Crippen molar-refractivity contribution < 1.29 is 9.59 Å². The van der Waals surface area contributed by atoms with E-state index in [1.807, 2.05) is 6.07 Å². The zero-order valence-corrected chi connectivity index (χ0v) is 11.4. The number of hydrogen-bond acceptors (Lipinski definition) is 2. The lowest BCUT2D eigenvalue weighted by Gasteiger charge is -2.04. The number of rotatable bonds is 4. The molecule has 2 aromatic carbocycles. The van der Waals surface area contributed by atoms with E-state index in [0.29, 0.717) is 15.6 Å². The van der Waals surface area contributed by atoms with Crippen LogP contribution < -0.4 is 0 Å². The molecule has 4 heteroatoms. The van der Waals surface area contributed by atoms with Gasteiger partial charge in [-0.3, -0.25) is 9.59 Å². The molecule has 0 heterocycles. The second kappa shape index (κ2) is 6.00. The average Bonchev–Trinajstić information content (AvgIpc) is 2.42. The normalized spacial score (nSPS) is 10.2. The summed E-state index contributed by atoms with van der Waals surface area (Å²) in [6, 6.07) is 13.3. The Labute approximate surface area is 121 Å². The van der Waals surface area contributed by atoms with Gasteiger partial charge in [0.2, 0.25) is 0 Å². The van der Waals surface area contributed by atoms with Crippen molar-refractivity contribution >= 4 is 34.8 Å². The zero-order valence-electron chi connectivity index (χ0n) is 9.90. The summed E-state index contributed by atoms with van der Waals surface area (Å²) in [6.07, 6.45) is -0.218. The smallest absolute Gasteiger partial charge is 0.172 e. The van der Waals surface area contributed by atoms with E-state index in [-0.39, 0.29) is 23.6 Å². The summed E-state index contributed by atoms with van der Waals surface area (Å²) < 4.78 is 0. The lowest BCUT2D eigenvalue weighted by molar-refractivity contribution is 0.0894. The van der Waals surface area contributed by atoms with Crippen LogP contribution in [0.5, 0.6) is 0 Å². The first-order valence-corrected chi connectivity index (χ1v) is 6.40. The number of hydrogen-bond donors (Lipinski definition) is 0. The molecule has 0 spiro atoms. The van der Waals surface area contributed by atoms with E-state index in [9.17, 15) is 9.59 Å². The van der Waals surface area contributed by atoms with Crippen LogP contribution in [0.1, 0.15) is 27.1 Å². The van der Waals surface area contributed by atoms with Crippen molar-refractivity contribution in [1.29, 1.82) is 0 Å². The molecule has 0 aromatic heterocycles. The van der Waals surface area contributed by atoms with Gasteiger partial charge in [0.15, 0.2) is 11.6 Å². The Hall–Kier alpha value is -1.64. The summed E-state index contributed by atoms with van der Waals surface area (Å²) in [7, 11) is 0. The molecule has 0 aliphatic carbocycles. The third-order valence-corrected chi connectivity index (χ3v) is 3.21. The second-order valence-corrected chi connectivity index (χ2v) is 4.86. The van der Waals surface area contributed by atoms with Crippen LogP contribution in [0.25, 0.3) is 0 Å². The molecule has 0 saturated carbocycles. The fourth-order valence-corrected chi connectivity index (χ4v) is 2.07. The molecule has 0 bridgehead atoms. The predicted molar refractivity (Wildman–Crippen MR) is 76.2 cm³/mol. The molecule has 0 amide bonds. The topological polar surface area (TPSA) is 34.1 Å². The first-order chi connectivity index (χ1) is 9.08. The quantitative estimate of drug-likeness (QED) is 0.616. The van der Waals surface area contributed by atoms with Gasteiger partial charge in [-0.25, -0.2) is 0 Å². The summed E-state index contributed by atoms with van der Waals surface area (Å²) in [5.41, 5.74) is 0.785. The largest absolute Gasteiger partial charge is 0.294 e. The SMILES string of the molecule is O=C(CC(=O)c1cc(Cl)ccc1Cl)c1ccccc1. The van der Waals surface area contributed by atoms with Gasteiger partial charge >= 0.3 is 0 Å². The van der Waals surface area contributed by atoms with E-state index >= 15 is 0 Å². The van der Waals surface area contributed by atoms with E-state index < -0.39 is 0 Å². The number of benzene rings is 2. The molecule has 0 aliphatic heterocycles. The highest BCUT2D eigenvalue weighted by Crippen LogP contribution is 2.22. The molecule has 0 aliphatic rings. The third-order valence-electron chi connectivity index (χ3n) is 2.65. The van der Waals surface area contributed by atoms with Gasteiger partial charge in [-0.05, 0) is 18.2 Å². The Bertz CT molecular complexity index is 621. The van der Waals surface area contributed by atoms with Crippen molar-refractivity contribution in [1.82, 2.24) is 0 Å². The summed E-state index contributed by atoms with van der Waals surface area (Å²) >= 11 is 11.7. The van der Waals surface area contributed by atoms with Crippen molar-refractivity contribution in [3.8, 4) is 0 Å². The Kier molecular flexibility index (Phi) is 4.35. The molecule has 2 nitrogen and oxygen atoms in total. The molecule has 19 heavy (non-hydrogen) atoms. The van der Waals surface area contributed by atoms with Crippen LogP contribution in [0.15, 0.2) is 48.5 Å². The molecule has 96 valence electrons. The summed E-state index contributed by atoms with van der Waals surface area (Å²) in [5, 5.41) is 0.718. The van der Waals surface area contributed by atoms with E-state index in [4.69, 9.17) is 23.2 Å². The highest BCUT2D eigenvalue weighted by Gasteiger charge is 2.16. The summed E-state index contributed by atoms with van der Waals surface area (Å²) in [4.78, 5) is 24.0. The Balaban J connectivity index is 2.18. The molecule has 0 fully saturated rings. The first kappa shape index (κ1) is 13.8. The summed E-state index contributed by atoms with van der Waals surface area (Å²) in [6.45, 7) is 0. The van der Waals surface area contributed by atoms with Crippen LogP contribution in [0.3, 0.4) is 0 Å². The van der Waals surface area contributed by atoms with Crippen LogP contribution in [-0.2, 0) is 0 Å². The molecule has 0 radical (unpaired) electrons. The van der Waals surface area contributed by atoms with Crippen LogP contribution in [-0.4, -0.2) is 11.6 Å². The van der Waals surface area contributed by atoms with E-state index in [0.717, 1.165) is 0 Å². The van der Waals surface area contributed by atoms with Crippen LogP contribution in [0, 0.1) is 0 Å². The second-order valence-electron chi connectivity index (χ2n) is 4.01. The molecule has 0 atom stereocenters. The fourth-order valence-electron chi connectivity index (χ4n) is 1.68. The Morgan fingerprint density at radius 1 is 0.895 bits per heavy atom. The van der Waals surface area contributed by atoms with Gasteiger partial charge in [0.25, 0.3) is 0 Å². The van der Waals surface area contributed by atoms with E-state index in [1.54, 1.807) is 36.4 Å². The van der Waals surface area contributed by atoms with Gasteiger partial charge in [-0.15, -0.1) is 0 Å². The van der Waals surface area contributed by atoms with Gasteiger partial charge in [0.05, 0.1) is 11.4 Å². The van der Waals surface area contributed by atoms with Gasteiger partial charge in [-0.2, -0.15) is 0 Å². The number of halogens is 2. The lowest BCUT2D eigenvalue weighted by Crippen LogP contribution is -2.09. The number of carbonyl (C=O) groups is 2. The molecule has 0 N–H and O–H groups in total. The van der Waals surface area contributed by atoms with Crippen molar-refractivity contribution in [2.45, 2.75) is 6.42 Å². The number of ketones is 2. The van der Waals surface area contributed by atoms with Crippen molar-refractivity contribution in [3.63, 3.8) is 0 Å². The van der Waals surface area contributed by atoms with Crippen molar-refractivity contribution in [2.75, 3.05) is 0 Å². The minimum absolute atomic E-state index is 0.218. The first-order valence-electron chi connectivity index (χ1n) is 5.64. The fraction of sp³-hybridized carbons (Fsp3) is 0.0667. The van der Waals surface area contributed by atoms with Gasteiger partial charge < -0.3 is 0 Å². The zero-order chi connectivity index (χ0) is 13.8. The molecular formula is C15H10Cl2O2. The Morgan fingerprint density at radius 3 is 2.26 bits per heavy atom. The highest BCUT2D eigenvalue weighted by molar-refractivity contribution is 6.36. The van der Waals surface area contributed by atoms with Gasteiger partial charge in [0.1, 0.15) is 0 Å². The highest BCUT2D eigenvalue weighted by atomic mass is 35.5. The standard InChI is InChI=1S/C15H10Cl2O2/c16-11-6-7-13(17)12(8-11)15(19)9-14(18)10-4-2-1-3-5-10/h1-8H,9H2. The maximum atomic E-state index is 12.0. The van der Waals surface area contributed by atoms with Gasteiger partial charge in [0, 0.05) is 16.1 Å². The molecule has 2 rings (SSSR count). The van der Waals surface area contributed by atoms with Crippen LogP contribution in [0.4, 0.5) is 0 Å². The van der Waals surface area contributed by atoms with Gasteiger partial charge in [-0.1, -0.05) is 53.5 Å². The summed E-state index contributed by atoms with van der Waals surface area (Å²) in [5.74, 6) is -0.567. The minimum Gasteiger partial charge on any atom is -0.294 e. The van der Waals surface area contributed by atoms with E-state index in [1.165, 1.54) is 6.07 Å². The lowest BCUT2D eigenvalue weighted by atomic mass is 10.0. The monoisotopic (exact) mass is 292 g/mol.